The van der Waals surface area contributed by atoms with Gasteiger partial charge in [-0.15, -0.1) is 0 Å². The summed E-state index contributed by atoms with van der Waals surface area (Å²) in [4.78, 5) is 13.5. The van der Waals surface area contributed by atoms with Crippen molar-refractivity contribution in [3.05, 3.63) is 35.7 Å². The summed E-state index contributed by atoms with van der Waals surface area (Å²) in [5.41, 5.74) is 4.14. The number of piperidine rings is 1. The smallest absolute Gasteiger partial charge is 0.0926 e. The summed E-state index contributed by atoms with van der Waals surface area (Å²) in [6.45, 7) is 13.3. The molecule has 4 heterocycles. The van der Waals surface area contributed by atoms with Gasteiger partial charge >= 0.3 is 0 Å². The number of hydrogen-bond donors (Lipinski definition) is 1. The fraction of sp³-hybridized carbons (Fsp3) is 0.700. The highest BCUT2D eigenvalue weighted by molar-refractivity contribution is 5.27. The highest BCUT2D eigenvalue weighted by atomic mass is 15.3. The Morgan fingerprint density at radius 2 is 2.04 bits per heavy atom. The summed E-state index contributed by atoms with van der Waals surface area (Å²) >= 11 is 0. The van der Waals surface area contributed by atoms with Crippen molar-refractivity contribution in [3.8, 4) is 0 Å². The lowest BCUT2D eigenvalue weighted by Crippen LogP contribution is -2.57. The first-order chi connectivity index (χ1) is 12.6. The van der Waals surface area contributed by atoms with Gasteiger partial charge in [0.05, 0.1) is 23.8 Å². The Morgan fingerprint density at radius 1 is 1.23 bits per heavy atom. The first-order valence-electron chi connectivity index (χ1n) is 10.1. The van der Waals surface area contributed by atoms with Crippen LogP contribution in [-0.4, -0.2) is 55.7 Å². The van der Waals surface area contributed by atoms with Crippen LogP contribution in [0.15, 0.2) is 18.7 Å². The molecule has 2 aliphatic heterocycles. The van der Waals surface area contributed by atoms with Crippen LogP contribution in [0.5, 0.6) is 0 Å². The lowest BCUT2D eigenvalue weighted by atomic mass is 9.78. The van der Waals surface area contributed by atoms with E-state index in [0.717, 1.165) is 45.7 Å². The number of rotatable bonds is 5. The minimum Gasteiger partial charge on any atom is -0.348 e. The number of H-pyrrole nitrogens is 1. The number of nitrogens with zero attached hydrogens (tertiary/aromatic N) is 5. The van der Waals surface area contributed by atoms with Crippen molar-refractivity contribution in [1.82, 2.24) is 29.5 Å². The Labute approximate surface area is 156 Å². The van der Waals surface area contributed by atoms with E-state index in [1.807, 2.05) is 17.2 Å². The first kappa shape index (κ1) is 17.7. The quantitative estimate of drug-likeness (QED) is 0.895. The van der Waals surface area contributed by atoms with Crippen LogP contribution < -0.4 is 0 Å². The van der Waals surface area contributed by atoms with Crippen molar-refractivity contribution in [1.29, 1.82) is 0 Å². The molecule has 142 valence electrons. The zero-order valence-electron chi connectivity index (χ0n) is 16.4. The van der Waals surface area contributed by atoms with Crippen LogP contribution >= 0.6 is 0 Å². The molecular weight excluding hydrogens is 324 g/mol. The van der Waals surface area contributed by atoms with E-state index in [4.69, 9.17) is 4.98 Å². The highest BCUT2D eigenvalue weighted by Gasteiger charge is 2.46. The second kappa shape index (κ2) is 7.16. The van der Waals surface area contributed by atoms with Crippen molar-refractivity contribution in [3.63, 3.8) is 0 Å². The molecule has 1 fully saturated rings. The van der Waals surface area contributed by atoms with Crippen LogP contribution in [0.2, 0.25) is 0 Å². The van der Waals surface area contributed by atoms with Gasteiger partial charge < -0.3 is 4.98 Å². The Morgan fingerprint density at radius 3 is 2.73 bits per heavy atom. The van der Waals surface area contributed by atoms with Crippen molar-refractivity contribution in [2.45, 2.75) is 58.7 Å². The van der Waals surface area contributed by atoms with Crippen molar-refractivity contribution in [2.75, 3.05) is 26.2 Å². The van der Waals surface area contributed by atoms with Crippen molar-refractivity contribution < 1.29 is 0 Å². The first-order valence-corrected chi connectivity index (χ1v) is 10.1. The minimum atomic E-state index is 0.127. The normalized spacial score (nSPS) is 20.8. The molecule has 2 aromatic heterocycles. The molecule has 1 spiro atoms. The van der Waals surface area contributed by atoms with Crippen LogP contribution in [-0.2, 0) is 25.0 Å². The zero-order chi connectivity index (χ0) is 18.1. The number of imidazole rings is 1. The van der Waals surface area contributed by atoms with Crippen LogP contribution in [0, 0.1) is 5.92 Å². The molecule has 0 radical (unpaired) electrons. The molecule has 6 nitrogen and oxygen atoms in total. The van der Waals surface area contributed by atoms with E-state index in [1.165, 1.54) is 29.8 Å². The fourth-order valence-corrected chi connectivity index (χ4v) is 4.78. The highest BCUT2D eigenvalue weighted by Crippen LogP contribution is 2.42. The summed E-state index contributed by atoms with van der Waals surface area (Å²) in [6.07, 6.45) is 9.53. The van der Waals surface area contributed by atoms with E-state index in [2.05, 4.69) is 46.9 Å². The number of likely N-dealkylation sites (tertiary alicyclic amines) is 1. The molecule has 1 N–H and O–H groups in total. The second-order valence-electron chi connectivity index (χ2n) is 8.33. The van der Waals surface area contributed by atoms with Gasteiger partial charge in [0.1, 0.15) is 0 Å². The third-order valence-electron chi connectivity index (χ3n) is 6.08. The molecule has 0 unspecified atom stereocenters. The molecule has 0 saturated carbocycles. The summed E-state index contributed by atoms with van der Waals surface area (Å²) < 4.78 is 2.02. The molecule has 0 atom stereocenters. The van der Waals surface area contributed by atoms with Gasteiger partial charge in [0.25, 0.3) is 0 Å². The summed E-state index contributed by atoms with van der Waals surface area (Å²) in [5, 5.41) is 4.42. The van der Waals surface area contributed by atoms with E-state index in [9.17, 15) is 0 Å². The average Bonchev–Trinajstić information content (AvgIpc) is 3.28. The van der Waals surface area contributed by atoms with Gasteiger partial charge in [0.2, 0.25) is 0 Å². The van der Waals surface area contributed by atoms with E-state index < -0.39 is 0 Å². The molecule has 6 heteroatoms. The summed E-state index contributed by atoms with van der Waals surface area (Å²) in [6, 6.07) is 0. The number of aromatic amines is 1. The summed E-state index contributed by atoms with van der Waals surface area (Å²) in [5.74, 6) is 0.685. The molecule has 2 aliphatic rings. The monoisotopic (exact) mass is 356 g/mol. The maximum absolute atomic E-state index is 4.79. The lowest BCUT2D eigenvalue weighted by molar-refractivity contribution is -0.00356. The Balaban J connectivity index is 1.49. The largest absolute Gasteiger partial charge is 0.348 e. The number of nitrogens with one attached hydrogen (secondary N) is 1. The van der Waals surface area contributed by atoms with Crippen LogP contribution in [0.3, 0.4) is 0 Å². The molecule has 0 amide bonds. The lowest BCUT2D eigenvalue weighted by Gasteiger charge is -2.51. The van der Waals surface area contributed by atoms with Gasteiger partial charge in [0.15, 0.2) is 0 Å². The van der Waals surface area contributed by atoms with E-state index in [-0.39, 0.29) is 5.54 Å². The molecule has 26 heavy (non-hydrogen) atoms. The Bertz CT molecular complexity index is 722. The number of aromatic nitrogens is 4. The van der Waals surface area contributed by atoms with Crippen LogP contribution in [0.25, 0.3) is 0 Å². The third-order valence-corrected chi connectivity index (χ3v) is 6.08. The number of fused-ring (bicyclic) bond motifs is 2. The van der Waals surface area contributed by atoms with Crippen LogP contribution in [0.4, 0.5) is 0 Å². The van der Waals surface area contributed by atoms with E-state index in [0.29, 0.717) is 5.92 Å². The van der Waals surface area contributed by atoms with Crippen LogP contribution in [0.1, 0.15) is 50.6 Å². The number of hydrogen-bond acceptors (Lipinski definition) is 4. The van der Waals surface area contributed by atoms with E-state index in [1.54, 1.807) is 0 Å². The number of aryl methyl sites for hydroxylation is 1. The Kier molecular flexibility index (Phi) is 4.88. The third kappa shape index (κ3) is 3.21. The SMILES string of the molecule is CCn1cc(CN2CCC3(CC2)c2nc[nH]c2CCN3CC(C)C)cn1. The van der Waals surface area contributed by atoms with Gasteiger partial charge in [-0.25, -0.2) is 4.98 Å². The van der Waals surface area contributed by atoms with E-state index >= 15 is 0 Å². The molecule has 4 rings (SSSR count). The van der Waals surface area contributed by atoms with Gasteiger partial charge in [-0.05, 0) is 25.7 Å². The average molecular weight is 357 g/mol. The maximum atomic E-state index is 4.79. The molecule has 0 aromatic carbocycles. The minimum absolute atomic E-state index is 0.127. The molecule has 0 aliphatic carbocycles. The van der Waals surface area contributed by atoms with Crippen molar-refractivity contribution >= 4 is 0 Å². The predicted octanol–water partition coefficient (Wildman–Crippen LogP) is 2.63. The predicted molar refractivity (Wildman–Crippen MR) is 103 cm³/mol. The molecular formula is C20H32N6. The second-order valence-corrected chi connectivity index (χ2v) is 8.33. The van der Waals surface area contributed by atoms with Gasteiger partial charge in [-0.1, -0.05) is 13.8 Å². The maximum Gasteiger partial charge on any atom is 0.0926 e. The Hall–Kier alpha value is -1.66. The molecule has 0 bridgehead atoms. The zero-order valence-corrected chi connectivity index (χ0v) is 16.4. The van der Waals surface area contributed by atoms with Gasteiger partial charge in [0, 0.05) is 63.1 Å². The standard InChI is InChI=1S/C20H32N6/c1-4-26-14-17(11-23-26)13-24-9-6-20(7-10-24)19-18(21-15-22-19)5-8-25(20)12-16(2)3/h11,14-16H,4-10,12-13H2,1-3H3,(H,21,22). The van der Waals surface area contributed by atoms with Gasteiger partial charge in [-0.3, -0.25) is 14.5 Å². The van der Waals surface area contributed by atoms with Gasteiger partial charge in [-0.2, -0.15) is 5.10 Å². The molecule has 1 saturated heterocycles. The topological polar surface area (TPSA) is 53.0 Å². The fourth-order valence-electron chi connectivity index (χ4n) is 4.78. The summed E-state index contributed by atoms with van der Waals surface area (Å²) in [7, 11) is 0. The van der Waals surface area contributed by atoms with Crippen molar-refractivity contribution in [2.24, 2.45) is 5.92 Å². The molecule has 2 aromatic rings.